The van der Waals surface area contributed by atoms with Gasteiger partial charge in [0.2, 0.25) is 0 Å². The fourth-order valence-electron chi connectivity index (χ4n) is 2.02. The van der Waals surface area contributed by atoms with Gasteiger partial charge in [0, 0.05) is 0 Å². The molecule has 5 nitrogen and oxygen atoms in total. The lowest BCUT2D eigenvalue weighted by Gasteiger charge is -2.15. The molecule has 0 amide bonds. The first-order valence-corrected chi connectivity index (χ1v) is 6.88. The smallest absolute Gasteiger partial charge is 0.160 e. The molecule has 1 aromatic carbocycles. The number of nitrogens with two attached hydrogens (primary N) is 1. The van der Waals surface area contributed by atoms with Crippen LogP contribution in [0.25, 0.3) is 0 Å². The number of benzene rings is 1. The van der Waals surface area contributed by atoms with Crippen LogP contribution in [-0.2, 0) is 6.42 Å². The Morgan fingerprint density at radius 3 is 2.55 bits per heavy atom. The lowest BCUT2D eigenvalue weighted by molar-refractivity contribution is 0.354. The van der Waals surface area contributed by atoms with E-state index in [-0.39, 0.29) is 6.04 Å². The Kier molecular flexibility index (Phi) is 5.05. The second-order valence-corrected chi connectivity index (χ2v) is 5.10. The Morgan fingerprint density at radius 2 is 2.00 bits per heavy atom. The monoisotopic (exact) mass is 340 g/mol. The number of ether oxygens (including phenoxy) is 2. The molecule has 0 aliphatic carbocycles. The first-order valence-electron chi connectivity index (χ1n) is 6.09. The van der Waals surface area contributed by atoms with Crippen LogP contribution in [-0.4, -0.2) is 14.2 Å². The van der Waals surface area contributed by atoms with Crippen molar-refractivity contribution in [2.75, 3.05) is 14.2 Å². The summed E-state index contributed by atoms with van der Waals surface area (Å²) in [5, 5.41) is 0. The summed E-state index contributed by atoms with van der Waals surface area (Å²) in [4.78, 5) is 0. The molecule has 3 N–H and O–H groups in total. The number of hydrogen-bond donors (Lipinski definition) is 2. The van der Waals surface area contributed by atoms with Crippen molar-refractivity contribution in [3.8, 4) is 11.5 Å². The average molecular weight is 341 g/mol. The summed E-state index contributed by atoms with van der Waals surface area (Å²) in [7, 11) is 3.23. The van der Waals surface area contributed by atoms with Crippen LogP contribution in [0.3, 0.4) is 0 Å². The summed E-state index contributed by atoms with van der Waals surface area (Å²) in [5.41, 5.74) is 3.83. The Morgan fingerprint density at radius 1 is 1.25 bits per heavy atom. The predicted octanol–water partition coefficient (Wildman–Crippen LogP) is 2.81. The number of furan rings is 1. The van der Waals surface area contributed by atoms with E-state index < -0.39 is 0 Å². The van der Waals surface area contributed by atoms with Crippen molar-refractivity contribution in [3.05, 3.63) is 46.3 Å². The van der Waals surface area contributed by atoms with Crippen LogP contribution in [0, 0.1) is 0 Å². The quantitative estimate of drug-likeness (QED) is 0.625. The van der Waals surface area contributed by atoms with Gasteiger partial charge in [-0.2, -0.15) is 0 Å². The molecule has 0 spiro atoms. The summed E-state index contributed by atoms with van der Waals surface area (Å²) in [6.45, 7) is 0. The minimum absolute atomic E-state index is 0.127. The zero-order chi connectivity index (χ0) is 14.5. The molecule has 0 radical (unpaired) electrons. The number of hydrogen-bond acceptors (Lipinski definition) is 5. The van der Waals surface area contributed by atoms with E-state index >= 15 is 0 Å². The highest BCUT2D eigenvalue weighted by Crippen LogP contribution is 2.31. The molecule has 2 aromatic rings. The fraction of sp³-hybridized carbons (Fsp3) is 0.286. The third-order valence-electron chi connectivity index (χ3n) is 3.05. The Balaban J connectivity index is 2.22. The molecule has 1 atom stereocenters. The normalized spacial score (nSPS) is 12.2. The largest absolute Gasteiger partial charge is 0.493 e. The van der Waals surface area contributed by atoms with Crippen molar-refractivity contribution in [1.82, 2.24) is 5.43 Å². The van der Waals surface area contributed by atoms with Gasteiger partial charge in [0.1, 0.15) is 5.76 Å². The lowest BCUT2D eigenvalue weighted by Crippen LogP contribution is -2.29. The van der Waals surface area contributed by atoms with E-state index in [9.17, 15) is 0 Å². The molecule has 0 fully saturated rings. The van der Waals surface area contributed by atoms with Crippen LogP contribution in [0.15, 0.2) is 39.4 Å². The van der Waals surface area contributed by atoms with Crippen molar-refractivity contribution in [2.24, 2.45) is 5.84 Å². The molecular weight excluding hydrogens is 324 g/mol. The van der Waals surface area contributed by atoms with E-state index in [4.69, 9.17) is 19.7 Å². The highest BCUT2D eigenvalue weighted by molar-refractivity contribution is 9.10. The minimum Gasteiger partial charge on any atom is -0.493 e. The van der Waals surface area contributed by atoms with Crippen molar-refractivity contribution < 1.29 is 13.9 Å². The second-order valence-electron chi connectivity index (χ2n) is 4.25. The van der Waals surface area contributed by atoms with Gasteiger partial charge in [0.25, 0.3) is 0 Å². The van der Waals surface area contributed by atoms with Crippen LogP contribution < -0.4 is 20.7 Å². The van der Waals surface area contributed by atoms with Gasteiger partial charge in [-0.3, -0.25) is 5.84 Å². The van der Waals surface area contributed by atoms with Crippen LogP contribution in [0.2, 0.25) is 0 Å². The number of nitrogens with one attached hydrogen (secondary N) is 1. The van der Waals surface area contributed by atoms with E-state index in [0.717, 1.165) is 15.8 Å². The van der Waals surface area contributed by atoms with E-state index in [0.29, 0.717) is 17.9 Å². The molecule has 1 heterocycles. The first-order chi connectivity index (χ1) is 9.69. The van der Waals surface area contributed by atoms with Crippen molar-refractivity contribution in [2.45, 2.75) is 12.5 Å². The Bertz CT molecular complexity index is 571. The second kappa shape index (κ2) is 6.78. The lowest BCUT2D eigenvalue weighted by atomic mass is 10.0. The molecule has 0 saturated carbocycles. The molecule has 0 bridgehead atoms. The van der Waals surface area contributed by atoms with Gasteiger partial charge in [-0.25, -0.2) is 5.43 Å². The Labute approximate surface area is 126 Å². The van der Waals surface area contributed by atoms with Gasteiger partial charge < -0.3 is 13.9 Å². The molecule has 0 saturated heterocycles. The van der Waals surface area contributed by atoms with Gasteiger partial charge in [0.05, 0.1) is 31.0 Å². The van der Waals surface area contributed by atoms with Crippen LogP contribution >= 0.6 is 15.9 Å². The summed E-state index contributed by atoms with van der Waals surface area (Å²) in [6, 6.07) is 7.49. The van der Waals surface area contributed by atoms with Gasteiger partial charge in [0.15, 0.2) is 11.5 Å². The van der Waals surface area contributed by atoms with E-state index in [2.05, 4.69) is 21.4 Å². The van der Waals surface area contributed by atoms with Crippen molar-refractivity contribution in [3.63, 3.8) is 0 Å². The fourth-order valence-corrected chi connectivity index (χ4v) is 2.50. The third-order valence-corrected chi connectivity index (χ3v) is 3.71. The third kappa shape index (κ3) is 3.15. The molecule has 20 heavy (non-hydrogen) atoms. The molecular formula is C14H17BrN2O3. The highest BCUT2D eigenvalue weighted by atomic mass is 79.9. The summed E-state index contributed by atoms with van der Waals surface area (Å²) < 4.78 is 16.9. The SMILES string of the molecule is COc1ccc(CC(NN)c2occc2Br)cc1OC. The number of rotatable bonds is 6. The van der Waals surface area contributed by atoms with E-state index in [1.807, 2.05) is 24.3 Å². The zero-order valence-electron chi connectivity index (χ0n) is 11.4. The molecule has 0 aliphatic rings. The molecule has 6 heteroatoms. The first kappa shape index (κ1) is 14.9. The van der Waals surface area contributed by atoms with Gasteiger partial charge in [-0.15, -0.1) is 0 Å². The maximum absolute atomic E-state index is 5.62. The minimum atomic E-state index is -0.127. The van der Waals surface area contributed by atoms with Gasteiger partial charge in [-0.1, -0.05) is 6.07 Å². The topological polar surface area (TPSA) is 69.7 Å². The number of methoxy groups -OCH3 is 2. The van der Waals surface area contributed by atoms with Crippen LogP contribution in [0.1, 0.15) is 17.4 Å². The average Bonchev–Trinajstić information content (AvgIpc) is 2.90. The van der Waals surface area contributed by atoms with Crippen LogP contribution in [0.5, 0.6) is 11.5 Å². The summed E-state index contributed by atoms with van der Waals surface area (Å²) in [6.07, 6.45) is 2.29. The molecule has 108 valence electrons. The molecule has 0 aliphatic heterocycles. The molecule has 1 aromatic heterocycles. The number of hydrazine groups is 1. The van der Waals surface area contributed by atoms with E-state index in [1.165, 1.54) is 0 Å². The highest BCUT2D eigenvalue weighted by Gasteiger charge is 2.18. The maximum Gasteiger partial charge on any atom is 0.160 e. The number of halogens is 1. The Hall–Kier alpha value is -1.50. The van der Waals surface area contributed by atoms with Crippen LogP contribution in [0.4, 0.5) is 0 Å². The van der Waals surface area contributed by atoms with Crippen molar-refractivity contribution in [1.29, 1.82) is 0 Å². The van der Waals surface area contributed by atoms with Crippen molar-refractivity contribution >= 4 is 15.9 Å². The zero-order valence-corrected chi connectivity index (χ0v) is 12.9. The maximum atomic E-state index is 5.62. The standard InChI is InChI=1S/C14H17BrN2O3/c1-18-12-4-3-9(8-13(12)19-2)7-11(17-16)14-10(15)5-6-20-14/h3-6,8,11,17H,7,16H2,1-2H3. The van der Waals surface area contributed by atoms with Gasteiger partial charge >= 0.3 is 0 Å². The molecule has 2 rings (SSSR count). The summed E-state index contributed by atoms with van der Waals surface area (Å²) in [5.74, 6) is 7.78. The van der Waals surface area contributed by atoms with Gasteiger partial charge in [-0.05, 0) is 46.1 Å². The van der Waals surface area contributed by atoms with E-state index in [1.54, 1.807) is 20.5 Å². The molecule has 1 unspecified atom stereocenters. The predicted molar refractivity (Wildman–Crippen MR) is 79.7 cm³/mol. The summed E-state index contributed by atoms with van der Waals surface area (Å²) >= 11 is 3.44.